The monoisotopic (exact) mass is 335 g/mol. The first-order valence-electron chi connectivity index (χ1n) is 5.68. The highest BCUT2D eigenvalue weighted by molar-refractivity contribution is 9.10. The zero-order valence-corrected chi connectivity index (χ0v) is 12.5. The molecule has 0 saturated heterocycles. The van der Waals surface area contributed by atoms with E-state index >= 15 is 0 Å². The smallest absolute Gasteiger partial charge is 0.132 e. The van der Waals surface area contributed by atoms with Crippen molar-refractivity contribution in [3.05, 3.63) is 57.2 Å². The lowest BCUT2D eigenvalue weighted by molar-refractivity contribution is 0.873. The maximum Gasteiger partial charge on any atom is 0.132 e. The molecule has 19 heavy (non-hydrogen) atoms. The number of pyridine rings is 1. The standard InChI is InChI=1S/C14H11BrClN3/c1-9(11-3-2-4-12(15)7-11)18-14-6-10(8-17)5-13(16)19-14/h2-7,9H,1H3,(H,18,19). The maximum atomic E-state index is 8.90. The third-order valence-electron chi connectivity index (χ3n) is 2.64. The minimum atomic E-state index is 0.0648. The van der Waals surface area contributed by atoms with Gasteiger partial charge in [-0.3, -0.25) is 0 Å². The van der Waals surface area contributed by atoms with Crippen LogP contribution in [0.1, 0.15) is 24.1 Å². The molecule has 0 aliphatic rings. The van der Waals surface area contributed by atoms with E-state index in [1.165, 1.54) is 6.07 Å². The predicted molar refractivity (Wildman–Crippen MR) is 80.1 cm³/mol. The van der Waals surface area contributed by atoms with E-state index in [1.54, 1.807) is 6.07 Å². The van der Waals surface area contributed by atoms with Gasteiger partial charge in [-0.15, -0.1) is 0 Å². The summed E-state index contributed by atoms with van der Waals surface area (Å²) in [5.74, 6) is 0.594. The van der Waals surface area contributed by atoms with Gasteiger partial charge >= 0.3 is 0 Å². The van der Waals surface area contributed by atoms with Crippen LogP contribution in [0.2, 0.25) is 5.15 Å². The predicted octanol–water partition coefficient (Wildman–Crippen LogP) is 4.54. The van der Waals surface area contributed by atoms with Gasteiger partial charge < -0.3 is 5.32 Å². The van der Waals surface area contributed by atoms with Crippen LogP contribution in [-0.2, 0) is 0 Å². The molecular formula is C14H11BrClN3. The number of benzene rings is 1. The van der Waals surface area contributed by atoms with E-state index in [0.29, 0.717) is 16.5 Å². The van der Waals surface area contributed by atoms with Crippen molar-refractivity contribution in [2.45, 2.75) is 13.0 Å². The molecule has 0 bridgehead atoms. The summed E-state index contributed by atoms with van der Waals surface area (Å²) in [4.78, 5) is 4.16. The third kappa shape index (κ3) is 3.69. The van der Waals surface area contributed by atoms with Crippen LogP contribution in [0.15, 0.2) is 40.9 Å². The molecule has 0 radical (unpaired) electrons. The highest BCUT2D eigenvalue weighted by atomic mass is 79.9. The number of nitriles is 1. The number of anilines is 1. The van der Waals surface area contributed by atoms with Crippen LogP contribution in [0.3, 0.4) is 0 Å². The molecule has 0 saturated carbocycles. The molecule has 3 nitrogen and oxygen atoms in total. The molecule has 0 aliphatic carbocycles. The number of halogens is 2. The van der Waals surface area contributed by atoms with E-state index in [1.807, 2.05) is 31.2 Å². The van der Waals surface area contributed by atoms with E-state index in [4.69, 9.17) is 16.9 Å². The van der Waals surface area contributed by atoms with Crippen LogP contribution in [0.25, 0.3) is 0 Å². The molecule has 2 aromatic rings. The van der Waals surface area contributed by atoms with Crippen molar-refractivity contribution < 1.29 is 0 Å². The Labute approximate surface area is 125 Å². The number of rotatable bonds is 3. The van der Waals surface area contributed by atoms with Crippen LogP contribution in [0.4, 0.5) is 5.82 Å². The van der Waals surface area contributed by atoms with Crippen LogP contribution in [0, 0.1) is 11.3 Å². The second kappa shape index (κ2) is 6.05. The Kier molecular flexibility index (Phi) is 4.41. The average Bonchev–Trinajstić information content (AvgIpc) is 2.38. The topological polar surface area (TPSA) is 48.7 Å². The summed E-state index contributed by atoms with van der Waals surface area (Å²) in [5, 5.41) is 12.4. The summed E-state index contributed by atoms with van der Waals surface area (Å²) < 4.78 is 1.02. The minimum absolute atomic E-state index is 0.0648. The Morgan fingerprint density at radius 1 is 1.37 bits per heavy atom. The van der Waals surface area contributed by atoms with Crippen LogP contribution < -0.4 is 5.32 Å². The molecular weight excluding hydrogens is 326 g/mol. The van der Waals surface area contributed by atoms with Gasteiger partial charge in [0.05, 0.1) is 11.6 Å². The summed E-state index contributed by atoms with van der Waals surface area (Å²) in [6.45, 7) is 2.02. The number of hydrogen-bond acceptors (Lipinski definition) is 3. The Morgan fingerprint density at radius 3 is 2.84 bits per heavy atom. The average molecular weight is 337 g/mol. The van der Waals surface area contributed by atoms with Gasteiger partial charge in [0.25, 0.3) is 0 Å². The molecule has 0 amide bonds. The van der Waals surface area contributed by atoms with Crippen molar-refractivity contribution in [2.24, 2.45) is 0 Å². The molecule has 2 rings (SSSR count). The van der Waals surface area contributed by atoms with Crippen molar-refractivity contribution in [3.8, 4) is 6.07 Å². The molecule has 0 fully saturated rings. The molecule has 96 valence electrons. The second-order valence-electron chi connectivity index (χ2n) is 4.10. The van der Waals surface area contributed by atoms with Gasteiger partial charge in [-0.25, -0.2) is 4.98 Å². The van der Waals surface area contributed by atoms with E-state index < -0.39 is 0 Å². The molecule has 0 spiro atoms. The number of nitrogens with one attached hydrogen (secondary N) is 1. The highest BCUT2D eigenvalue weighted by Gasteiger charge is 2.08. The van der Waals surface area contributed by atoms with Crippen molar-refractivity contribution in [1.29, 1.82) is 5.26 Å². The molecule has 1 heterocycles. The molecule has 0 aliphatic heterocycles. The second-order valence-corrected chi connectivity index (χ2v) is 5.40. The SMILES string of the molecule is CC(Nc1cc(C#N)cc(Cl)n1)c1cccc(Br)c1. The largest absolute Gasteiger partial charge is 0.363 e. The third-order valence-corrected chi connectivity index (χ3v) is 3.32. The van der Waals surface area contributed by atoms with Gasteiger partial charge in [0, 0.05) is 10.5 Å². The summed E-state index contributed by atoms with van der Waals surface area (Å²) in [6.07, 6.45) is 0. The van der Waals surface area contributed by atoms with E-state index in [0.717, 1.165) is 10.0 Å². The molecule has 5 heteroatoms. The summed E-state index contributed by atoms with van der Waals surface area (Å²) in [7, 11) is 0. The molecule has 1 aromatic carbocycles. The van der Waals surface area contributed by atoms with Gasteiger partial charge in [0.15, 0.2) is 0 Å². The molecule has 1 unspecified atom stereocenters. The Balaban J connectivity index is 2.21. The van der Waals surface area contributed by atoms with Gasteiger partial charge in [-0.2, -0.15) is 5.26 Å². The lowest BCUT2D eigenvalue weighted by atomic mass is 10.1. The van der Waals surface area contributed by atoms with Crippen LogP contribution in [-0.4, -0.2) is 4.98 Å². The minimum Gasteiger partial charge on any atom is -0.363 e. The van der Waals surface area contributed by atoms with Crippen molar-refractivity contribution in [1.82, 2.24) is 4.98 Å². The van der Waals surface area contributed by atoms with Crippen molar-refractivity contribution >= 4 is 33.3 Å². The van der Waals surface area contributed by atoms with Crippen molar-refractivity contribution in [3.63, 3.8) is 0 Å². The number of aromatic nitrogens is 1. The first kappa shape index (κ1) is 13.9. The quantitative estimate of drug-likeness (QED) is 0.837. The van der Waals surface area contributed by atoms with E-state index in [9.17, 15) is 0 Å². The molecule has 1 N–H and O–H groups in total. The Morgan fingerprint density at radius 2 is 2.16 bits per heavy atom. The van der Waals surface area contributed by atoms with E-state index in [-0.39, 0.29) is 6.04 Å². The molecule has 1 atom stereocenters. The van der Waals surface area contributed by atoms with Gasteiger partial charge in [-0.05, 0) is 36.8 Å². The normalized spacial score (nSPS) is 11.7. The maximum absolute atomic E-state index is 8.90. The van der Waals surface area contributed by atoms with E-state index in [2.05, 4.69) is 32.3 Å². The number of nitrogens with zero attached hydrogens (tertiary/aromatic N) is 2. The Hall–Kier alpha value is -1.57. The fourth-order valence-corrected chi connectivity index (χ4v) is 2.34. The zero-order chi connectivity index (χ0) is 13.8. The van der Waals surface area contributed by atoms with Crippen molar-refractivity contribution in [2.75, 3.05) is 5.32 Å². The summed E-state index contributed by atoms with van der Waals surface area (Å²) in [5.41, 5.74) is 1.61. The van der Waals surface area contributed by atoms with Crippen LogP contribution >= 0.6 is 27.5 Å². The number of hydrogen-bond donors (Lipinski definition) is 1. The summed E-state index contributed by atoms with van der Waals surface area (Å²) >= 11 is 9.32. The Bertz CT molecular complexity index is 637. The zero-order valence-electron chi connectivity index (χ0n) is 10.2. The van der Waals surface area contributed by atoms with Gasteiger partial charge in [0.2, 0.25) is 0 Å². The highest BCUT2D eigenvalue weighted by Crippen LogP contribution is 2.22. The van der Waals surface area contributed by atoms with Crippen LogP contribution in [0.5, 0.6) is 0 Å². The fourth-order valence-electron chi connectivity index (χ4n) is 1.72. The first-order valence-corrected chi connectivity index (χ1v) is 6.85. The lowest BCUT2D eigenvalue weighted by Crippen LogP contribution is -2.08. The first-order chi connectivity index (χ1) is 9.08. The van der Waals surface area contributed by atoms with Gasteiger partial charge in [-0.1, -0.05) is 39.7 Å². The lowest BCUT2D eigenvalue weighted by Gasteiger charge is -2.15. The molecule has 1 aromatic heterocycles. The fraction of sp³-hybridized carbons (Fsp3) is 0.143. The van der Waals surface area contributed by atoms with Gasteiger partial charge in [0.1, 0.15) is 11.0 Å². The summed E-state index contributed by atoms with van der Waals surface area (Å²) in [6, 6.07) is 13.4.